The van der Waals surface area contributed by atoms with E-state index in [1.165, 1.54) is 12.8 Å². The second-order valence-electron chi connectivity index (χ2n) is 10.6. The van der Waals surface area contributed by atoms with Crippen LogP contribution in [0.25, 0.3) is 0 Å². The van der Waals surface area contributed by atoms with E-state index in [0.29, 0.717) is 23.6 Å². The van der Waals surface area contributed by atoms with Crippen molar-refractivity contribution in [2.24, 2.45) is 5.92 Å². The van der Waals surface area contributed by atoms with Crippen molar-refractivity contribution in [1.29, 1.82) is 0 Å². The van der Waals surface area contributed by atoms with E-state index >= 15 is 0 Å². The summed E-state index contributed by atoms with van der Waals surface area (Å²) in [5.74, 6) is 1.39. The molecule has 3 aromatic rings. The van der Waals surface area contributed by atoms with E-state index in [9.17, 15) is 9.59 Å². The first-order chi connectivity index (χ1) is 18.9. The first kappa shape index (κ1) is 27.2. The predicted octanol–water partition coefficient (Wildman–Crippen LogP) is 6.64. The van der Waals surface area contributed by atoms with Crippen LogP contribution < -0.4 is 19.9 Å². The SMILES string of the molecule is CC(=O)N(c1ccc(Cl)cc1)C1CC(C)N(C(=O)c2ccc(OCCC3CCNCC3)cc2)c2ccccc21. The number of ether oxygens (including phenoxy) is 1. The number of benzene rings is 3. The third-order valence-electron chi connectivity index (χ3n) is 7.89. The van der Waals surface area contributed by atoms with Crippen LogP contribution >= 0.6 is 11.6 Å². The van der Waals surface area contributed by atoms with Gasteiger partial charge in [-0.2, -0.15) is 0 Å². The van der Waals surface area contributed by atoms with Gasteiger partial charge in [0, 0.05) is 34.9 Å². The topological polar surface area (TPSA) is 61.9 Å². The zero-order valence-electron chi connectivity index (χ0n) is 22.6. The summed E-state index contributed by atoms with van der Waals surface area (Å²) in [6.45, 7) is 6.49. The quantitative estimate of drug-likeness (QED) is 0.361. The smallest absolute Gasteiger partial charge is 0.258 e. The molecule has 0 spiro atoms. The molecular weight excluding hydrogens is 510 g/mol. The van der Waals surface area contributed by atoms with Gasteiger partial charge >= 0.3 is 0 Å². The molecule has 1 saturated heterocycles. The Kier molecular flexibility index (Phi) is 8.53. The van der Waals surface area contributed by atoms with Gasteiger partial charge in [-0.1, -0.05) is 29.8 Å². The third kappa shape index (κ3) is 6.13. The number of carbonyl (C=O) groups is 2. The first-order valence-corrected chi connectivity index (χ1v) is 14.2. The minimum atomic E-state index is -0.199. The van der Waals surface area contributed by atoms with E-state index in [1.807, 2.05) is 77.4 Å². The minimum absolute atomic E-state index is 0.0557. The lowest BCUT2D eigenvalue weighted by molar-refractivity contribution is -0.117. The molecule has 1 N–H and O–H groups in total. The Bertz CT molecular complexity index is 1290. The number of rotatable bonds is 7. The Balaban J connectivity index is 1.33. The fourth-order valence-corrected chi connectivity index (χ4v) is 5.99. The normalized spacial score (nSPS) is 19.3. The second-order valence-corrected chi connectivity index (χ2v) is 11.0. The lowest BCUT2D eigenvalue weighted by atomic mass is 9.89. The van der Waals surface area contributed by atoms with Gasteiger partial charge in [0.2, 0.25) is 5.91 Å². The number of nitrogens with one attached hydrogen (secondary N) is 1. The van der Waals surface area contributed by atoms with Crippen LogP contribution in [0.2, 0.25) is 5.02 Å². The van der Waals surface area contributed by atoms with Crippen molar-refractivity contribution in [3.05, 3.63) is 88.9 Å². The third-order valence-corrected chi connectivity index (χ3v) is 8.14. The highest BCUT2D eigenvalue weighted by molar-refractivity contribution is 6.30. The minimum Gasteiger partial charge on any atom is -0.494 e. The molecule has 7 heteroatoms. The standard InChI is InChI=1S/C32H36ClN3O3/c1-22-21-31(36(23(2)37)27-11-9-26(33)10-12-27)29-5-3-4-6-30(29)35(22)32(38)25-7-13-28(14-8-25)39-20-17-24-15-18-34-19-16-24/h3-14,22,24,31,34H,15-21H2,1-2H3. The monoisotopic (exact) mass is 545 g/mol. The van der Waals surface area contributed by atoms with Crippen LogP contribution in [0.4, 0.5) is 11.4 Å². The first-order valence-electron chi connectivity index (χ1n) is 13.8. The molecule has 2 amide bonds. The molecule has 0 bridgehead atoms. The highest BCUT2D eigenvalue weighted by Crippen LogP contribution is 2.43. The summed E-state index contributed by atoms with van der Waals surface area (Å²) in [5, 5.41) is 4.02. The largest absolute Gasteiger partial charge is 0.494 e. The summed E-state index contributed by atoms with van der Waals surface area (Å²) in [6, 6.07) is 22.3. The number of para-hydroxylation sites is 1. The maximum absolute atomic E-state index is 13.8. The molecule has 2 unspecified atom stereocenters. The molecule has 1 fully saturated rings. The molecule has 5 rings (SSSR count). The number of piperidine rings is 1. The van der Waals surface area contributed by atoms with Gasteiger partial charge in [0.1, 0.15) is 5.75 Å². The van der Waals surface area contributed by atoms with Crippen LogP contribution in [0.15, 0.2) is 72.8 Å². The summed E-state index contributed by atoms with van der Waals surface area (Å²) in [5.41, 5.74) is 3.18. The van der Waals surface area contributed by atoms with Gasteiger partial charge in [-0.15, -0.1) is 0 Å². The Morgan fingerprint density at radius 1 is 1.00 bits per heavy atom. The van der Waals surface area contributed by atoms with E-state index in [2.05, 4.69) is 5.32 Å². The predicted molar refractivity (Wildman–Crippen MR) is 157 cm³/mol. The molecule has 3 aromatic carbocycles. The zero-order chi connectivity index (χ0) is 27.4. The highest BCUT2D eigenvalue weighted by atomic mass is 35.5. The fourth-order valence-electron chi connectivity index (χ4n) is 5.87. The molecule has 204 valence electrons. The average molecular weight is 546 g/mol. The average Bonchev–Trinajstić information content (AvgIpc) is 2.95. The molecule has 2 aliphatic heterocycles. The summed E-state index contributed by atoms with van der Waals surface area (Å²) < 4.78 is 5.99. The summed E-state index contributed by atoms with van der Waals surface area (Å²) >= 11 is 6.11. The molecule has 39 heavy (non-hydrogen) atoms. The lowest BCUT2D eigenvalue weighted by Crippen LogP contribution is -2.47. The molecule has 2 heterocycles. The maximum atomic E-state index is 13.8. The molecule has 0 aromatic heterocycles. The van der Waals surface area contributed by atoms with Gasteiger partial charge in [-0.05, 0) is 112 Å². The van der Waals surface area contributed by atoms with E-state index in [0.717, 1.165) is 48.1 Å². The van der Waals surface area contributed by atoms with Crippen molar-refractivity contribution in [3.63, 3.8) is 0 Å². The second kappa shape index (κ2) is 12.2. The van der Waals surface area contributed by atoms with Crippen molar-refractivity contribution in [2.75, 3.05) is 29.5 Å². The van der Waals surface area contributed by atoms with Crippen molar-refractivity contribution in [1.82, 2.24) is 5.32 Å². The van der Waals surface area contributed by atoms with Crippen LogP contribution in [-0.4, -0.2) is 37.6 Å². The van der Waals surface area contributed by atoms with Gasteiger partial charge in [0.25, 0.3) is 5.91 Å². The molecule has 0 radical (unpaired) electrons. The molecule has 0 saturated carbocycles. The number of hydrogen-bond donors (Lipinski definition) is 1. The van der Waals surface area contributed by atoms with E-state index in [-0.39, 0.29) is 23.9 Å². The van der Waals surface area contributed by atoms with Crippen molar-refractivity contribution >= 4 is 34.8 Å². The van der Waals surface area contributed by atoms with Gasteiger partial charge in [-0.3, -0.25) is 9.59 Å². The molecule has 0 aliphatic carbocycles. The van der Waals surface area contributed by atoms with Gasteiger partial charge in [-0.25, -0.2) is 0 Å². The van der Waals surface area contributed by atoms with Crippen LogP contribution in [0.1, 0.15) is 61.5 Å². The van der Waals surface area contributed by atoms with E-state index in [4.69, 9.17) is 16.3 Å². The lowest BCUT2D eigenvalue weighted by Gasteiger charge is -2.43. The Morgan fingerprint density at radius 2 is 1.69 bits per heavy atom. The van der Waals surface area contributed by atoms with E-state index in [1.54, 1.807) is 19.1 Å². The number of nitrogens with zero attached hydrogens (tertiary/aromatic N) is 2. The number of carbonyl (C=O) groups excluding carboxylic acids is 2. The Labute approximate surface area is 235 Å². The Morgan fingerprint density at radius 3 is 2.38 bits per heavy atom. The Hall–Kier alpha value is -3.35. The van der Waals surface area contributed by atoms with Crippen LogP contribution in [0.5, 0.6) is 5.75 Å². The number of fused-ring (bicyclic) bond motifs is 1. The molecule has 6 nitrogen and oxygen atoms in total. The van der Waals surface area contributed by atoms with Gasteiger partial charge in [0.05, 0.1) is 12.6 Å². The number of anilines is 2. The van der Waals surface area contributed by atoms with Crippen molar-refractivity contribution < 1.29 is 14.3 Å². The van der Waals surface area contributed by atoms with Crippen LogP contribution in [0, 0.1) is 5.92 Å². The number of halogens is 1. The van der Waals surface area contributed by atoms with Gasteiger partial charge in [0.15, 0.2) is 0 Å². The highest BCUT2D eigenvalue weighted by Gasteiger charge is 2.38. The van der Waals surface area contributed by atoms with Crippen LogP contribution in [-0.2, 0) is 4.79 Å². The number of hydrogen-bond acceptors (Lipinski definition) is 4. The molecular formula is C32H36ClN3O3. The van der Waals surface area contributed by atoms with E-state index < -0.39 is 0 Å². The zero-order valence-corrected chi connectivity index (χ0v) is 23.4. The number of amides is 2. The summed E-state index contributed by atoms with van der Waals surface area (Å²) in [6.07, 6.45) is 4.08. The van der Waals surface area contributed by atoms with Crippen LogP contribution in [0.3, 0.4) is 0 Å². The molecule has 2 aliphatic rings. The van der Waals surface area contributed by atoms with Gasteiger partial charge < -0.3 is 19.9 Å². The fraction of sp³-hybridized carbons (Fsp3) is 0.375. The van der Waals surface area contributed by atoms with Crippen molar-refractivity contribution in [3.8, 4) is 5.75 Å². The van der Waals surface area contributed by atoms with Crippen molar-refractivity contribution in [2.45, 2.75) is 51.6 Å². The summed E-state index contributed by atoms with van der Waals surface area (Å²) in [7, 11) is 0. The summed E-state index contributed by atoms with van der Waals surface area (Å²) in [4.78, 5) is 30.4. The maximum Gasteiger partial charge on any atom is 0.258 e. The molecule has 2 atom stereocenters.